The molecule has 1 saturated heterocycles. The van der Waals surface area contributed by atoms with Crippen LogP contribution in [0.2, 0.25) is 0 Å². The van der Waals surface area contributed by atoms with Crippen molar-refractivity contribution in [3.63, 3.8) is 0 Å². The van der Waals surface area contributed by atoms with E-state index in [-0.39, 0.29) is 0 Å². The first-order valence-electron chi connectivity index (χ1n) is 5.21. The topological polar surface area (TPSA) is 29.3 Å². The molecule has 0 aromatic heterocycles. The van der Waals surface area contributed by atoms with Gasteiger partial charge in [0.2, 0.25) is 0 Å². The first-order valence-corrected chi connectivity index (χ1v) is 5.21. The van der Waals surface area contributed by atoms with Crippen molar-refractivity contribution < 1.29 is 0 Å². The zero-order valence-electron chi connectivity index (χ0n) is 8.84. The molecule has 12 heavy (non-hydrogen) atoms. The summed E-state index contributed by atoms with van der Waals surface area (Å²) in [6.45, 7) is 7.38. The van der Waals surface area contributed by atoms with E-state index in [1.54, 1.807) is 0 Å². The smallest absolute Gasteiger partial charge is 0.00187 e. The monoisotopic (exact) mass is 172 g/mol. The molecule has 1 aliphatic heterocycles. The van der Waals surface area contributed by atoms with E-state index in [1.807, 2.05) is 13.8 Å². The van der Waals surface area contributed by atoms with Crippen molar-refractivity contribution >= 4 is 0 Å². The quantitative estimate of drug-likeness (QED) is 0.652. The van der Waals surface area contributed by atoms with Crippen LogP contribution in [0.15, 0.2) is 0 Å². The van der Waals surface area contributed by atoms with Gasteiger partial charge in [-0.1, -0.05) is 13.8 Å². The van der Waals surface area contributed by atoms with Gasteiger partial charge in [0.05, 0.1) is 0 Å². The molecule has 0 saturated carbocycles. The summed E-state index contributed by atoms with van der Waals surface area (Å²) in [5, 5.41) is 0. The van der Waals surface area contributed by atoms with E-state index in [9.17, 15) is 0 Å². The highest BCUT2D eigenvalue weighted by Gasteiger charge is 2.12. The van der Waals surface area contributed by atoms with Crippen LogP contribution in [0.5, 0.6) is 0 Å². The van der Waals surface area contributed by atoms with Crippen molar-refractivity contribution in [2.24, 2.45) is 11.7 Å². The lowest BCUT2D eigenvalue weighted by Gasteiger charge is -2.12. The first-order chi connectivity index (χ1) is 5.83. The highest BCUT2D eigenvalue weighted by atomic mass is 15.1. The second kappa shape index (κ2) is 7.56. The van der Waals surface area contributed by atoms with E-state index in [1.165, 1.54) is 32.4 Å². The standard InChI is InChI=1S/C8H18N2.C2H6/c1-10-5-2-3-8(7-9)4-6-10;1-2/h8H,2-7,9H2,1H3;1-2H3. The average molecular weight is 172 g/mol. The fourth-order valence-electron chi connectivity index (χ4n) is 1.54. The van der Waals surface area contributed by atoms with E-state index in [2.05, 4.69) is 11.9 Å². The van der Waals surface area contributed by atoms with Crippen LogP contribution in [0.25, 0.3) is 0 Å². The molecular formula is C10H24N2. The van der Waals surface area contributed by atoms with Crippen molar-refractivity contribution in [2.45, 2.75) is 33.1 Å². The first kappa shape index (κ1) is 11.9. The summed E-state index contributed by atoms with van der Waals surface area (Å²) in [6, 6.07) is 0. The zero-order chi connectivity index (χ0) is 9.40. The maximum atomic E-state index is 5.60. The molecule has 1 unspecified atom stereocenters. The fourth-order valence-corrected chi connectivity index (χ4v) is 1.54. The lowest BCUT2D eigenvalue weighted by molar-refractivity contribution is 0.342. The summed E-state index contributed by atoms with van der Waals surface area (Å²) < 4.78 is 0. The zero-order valence-corrected chi connectivity index (χ0v) is 8.84. The summed E-state index contributed by atoms with van der Waals surface area (Å²) in [7, 11) is 2.19. The van der Waals surface area contributed by atoms with E-state index in [4.69, 9.17) is 5.73 Å². The lowest BCUT2D eigenvalue weighted by Crippen LogP contribution is -2.20. The second-order valence-corrected chi connectivity index (χ2v) is 3.34. The lowest BCUT2D eigenvalue weighted by atomic mass is 10.0. The van der Waals surface area contributed by atoms with E-state index >= 15 is 0 Å². The number of likely N-dealkylation sites (tertiary alicyclic amines) is 1. The van der Waals surface area contributed by atoms with Crippen LogP contribution < -0.4 is 5.73 Å². The summed E-state index contributed by atoms with van der Waals surface area (Å²) in [5.41, 5.74) is 5.60. The van der Waals surface area contributed by atoms with Crippen LogP contribution in [-0.2, 0) is 0 Å². The Bertz CT molecular complexity index is 93.8. The number of rotatable bonds is 1. The third-order valence-electron chi connectivity index (χ3n) is 2.40. The SMILES string of the molecule is CC.CN1CCCC(CN)CC1. The highest BCUT2D eigenvalue weighted by Crippen LogP contribution is 2.14. The molecule has 1 heterocycles. The van der Waals surface area contributed by atoms with Crippen LogP contribution in [0.3, 0.4) is 0 Å². The van der Waals surface area contributed by atoms with Gasteiger partial charge in [-0.25, -0.2) is 0 Å². The molecule has 0 aromatic rings. The Balaban J connectivity index is 0.000000561. The van der Waals surface area contributed by atoms with Crippen LogP contribution in [0, 0.1) is 5.92 Å². The fraction of sp³-hybridized carbons (Fsp3) is 1.00. The Morgan fingerprint density at radius 1 is 1.25 bits per heavy atom. The maximum absolute atomic E-state index is 5.60. The van der Waals surface area contributed by atoms with Gasteiger partial charge in [-0.2, -0.15) is 0 Å². The Kier molecular flexibility index (Phi) is 7.51. The molecule has 1 fully saturated rings. The van der Waals surface area contributed by atoms with Gasteiger partial charge < -0.3 is 10.6 Å². The Hall–Kier alpha value is -0.0800. The van der Waals surface area contributed by atoms with Gasteiger partial charge in [-0.3, -0.25) is 0 Å². The van der Waals surface area contributed by atoms with Crippen molar-refractivity contribution in [1.29, 1.82) is 0 Å². The Labute approximate surface area is 77.1 Å². The molecule has 0 radical (unpaired) electrons. The van der Waals surface area contributed by atoms with Gasteiger partial charge in [0.1, 0.15) is 0 Å². The molecule has 0 amide bonds. The molecule has 0 spiro atoms. The molecule has 0 aromatic carbocycles. The van der Waals surface area contributed by atoms with Crippen molar-refractivity contribution in [2.75, 3.05) is 26.7 Å². The third kappa shape index (κ3) is 4.73. The molecule has 2 heteroatoms. The second-order valence-electron chi connectivity index (χ2n) is 3.34. The van der Waals surface area contributed by atoms with Crippen molar-refractivity contribution in [1.82, 2.24) is 4.90 Å². The normalized spacial score (nSPS) is 25.5. The minimum atomic E-state index is 0.796. The number of nitrogens with zero attached hydrogens (tertiary/aromatic N) is 1. The minimum Gasteiger partial charge on any atom is -0.330 e. The molecule has 1 rings (SSSR count). The van der Waals surface area contributed by atoms with Crippen LogP contribution in [0.1, 0.15) is 33.1 Å². The number of hydrogen-bond donors (Lipinski definition) is 1. The summed E-state index contributed by atoms with van der Waals surface area (Å²) in [6.07, 6.45) is 3.96. The maximum Gasteiger partial charge on any atom is -0.00187 e. The van der Waals surface area contributed by atoms with Crippen molar-refractivity contribution in [3.8, 4) is 0 Å². The van der Waals surface area contributed by atoms with E-state index in [0.29, 0.717) is 0 Å². The third-order valence-corrected chi connectivity index (χ3v) is 2.40. The van der Waals surface area contributed by atoms with Gasteiger partial charge in [0.15, 0.2) is 0 Å². The molecule has 1 aliphatic rings. The molecule has 74 valence electrons. The van der Waals surface area contributed by atoms with Crippen LogP contribution in [0.4, 0.5) is 0 Å². The van der Waals surface area contributed by atoms with Gasteiger partial charge in [0.25, 0.3) is 0 Å². The number of hydrogen-bond acceptors (Lipinski definition) is 2. The molecular weight excluding hydrogens is 148 g/mol. The van der Waals surface area contributed by atoms with Gasteiger partial charge >= 0.3 is 0 Å². The predicted octanol–water partition coefficient (Wildman–Crippen LogP) is 1.70. The van der Waals surface area contributed by atoms with Crippen molar-refractivity contribution in [3.05, 3.63) is 0 Å². The average Bonchev–Trinajstić information content (AvgIpc) is 2.33. The Morgan fingerprint density at radius 2 is 1.92 bits per heavy atom. The summed E-state index contributed by atoms with van der Waals surface area (Å²) in [4.78, 5) is 2.40. The highest BCUT2D eigenvalue weighted by molar-refractivity contribution is 4.67. The number of nitrogens with two attached hydrogens (primary N) is 1. The minimum absolute atomic E-state index is 0.796. The van der Waals surface area contributed by atoms with Crippen LogP contribution in [-0.4, -0.2) is 31.6 Å². The van der Waals surface area contributed by atoms with Gasteiger partial charge in [-0.15, -0.1) is 0 Å². The van der Waals surface area contributed by atoms with Gasteiger partial charge in [-0.05, 0) is 51.9 Å². The van der Waals surface area contributed by atoms with E-state index < -0.39 is 0 Å². The largest absolute Gasteiger partial charge is 0.330 e. The van der Waals surface area contributed by atoms with E-state index in [0.717, 1.165) is 12.5 Å². The van der Waals surface area contributed by atoms with Gasteiger partial charge in [0, 0.05) is 0 Å². The molecule has 0 aliphatic carbocycles. The van der Waals surface area contributed by atoms with Crippen LogP contribution >= 0.6 is 0 Å². The Morgan fingerprint density at radius 3 is 2.50 bits per heavy atom. The summed E-state index contributed by atoms with van der Waals surface area (Å²) >= 11 is 0. The summed E-state index contributed by atoms with van der Waals surface area (Å²) in [5.74, 6) is 0.796. The molecule has 0 bridgehead atoms. The molecule has 2 nitrogen and oxygen atoms in total. The predicted molar refractivity (Wildman–Crippen MR) is 55.2 cm³/mol. The molecule has 2 N–H and O–H groups in total. The molecule has 1 atom stereocenters.